The first-order valence-corrected chi connectivity index (χ1v) is 5.84. The van der Waals surface area contributed by atoms with Crippen LogP contribution in [0.3, 0.4) is 0 Å². The van der Waals surface area contributed by atoms with Crippen LogP contribution in [0.15, 0.2) is 36.5 Å². The van der Waals surface area contributed by atoms with Crippen molar-refractivity contribution in [1.82, 2.24) is 4.98 Å². The summed E-state index contributed by atoms with van der Waals surface area (Å²) in [5, 5.41) is 3.01. The van der Waals surface area contributed by atoms with E-state index in [-0.39, 0.29) is 5.91 Å². The van der Waals surface area contributed by atoms with Crippen molar-refractivity contribution in [3.8, 4) is 5.75 Å². The molecule has 0 saturated heterocycles. The van der Waals surface area contributed by atoms with Gasteiger partial charge in [-0.1, -0.05) is 11.6 Å². The fourth-order valence-electron chi connectivity index (χ4n) is 1.58. The van der Waals surface area contributed by atoms with E-state index in [2.05, 4.69) is 10.3 Å². The number of carbonyl (C=O) groups excluding carboxylic acids is 1. The molecule has 2 rings (SSSR count). The van der Waals surface area contributed by atoms with E-state index in [4.69, 9.17) is 22.1 Å². The number of hydrogen-bond donors (Lipinski definition) is 2. The number of hydrogen-bond acceptors (Lipinski definition) is 4. The van der Waals surface area contributed by atoms with E-state index in [0.29, 0.717) is 27.8 Å². The first-order chi connectivity index (χ1) is 9.10. The molecule has 2 aromatic rings. The van der Waals surface area contributed by atoms with Crippen LogP contribution in [0.5, 0.6) is 5.75 Å². The number of nitrogens with one attached hydrogen (secondary N) is 1. The number of carbonyl (C=O) groups is 1. The van der Waals surface area contributed by atoms with E-state index in [0.717, 1.165) is 0 Å². The first kappa shape index (κ1) is 13.2. The van der Waals surface area contributed by atoms with E-state index < -0.39 is 0 Å². The highest BCUT2D eigenvalue weighted by atomic mass is 35.5. The van der Waals surface area contributed by atoms with Gasteiger partial charge in [0.25, 0.3) is 5.91 Å². The van der Waals surface area contributed by atoms with Crippen molar-refractivity contribution in [3.05, 3.63) is 47.2 Å². The van der Waals surface area contributed by atoms with Gasteiger partial charge in [-0.2, -0.15) is 0 Å². The third-order valence-electron chi connectivity index (χ3n) is 2.45. The smallest absolute Gasteiger partial charge is 0.259 e. The Morgan fingerprint density at radius 3 is 2.84 bits per heavy atom. The second kappa shape index (κ2) is 5.58. The summed E-state index contributed by atoms with van der Waals surface area (Å²) in [7, 11) is 1.49. The largest absolute Gasteiger partial charge is 0.496 e. The number of nitrogens with zero attached hydrogens (tertiary/aromatic N) is 1. The number of amides is 1. The Labute approximate surface area is 115 Å². The quantitative estimate of drug-likeness (QED) is 0.668. The molecule has 6 heteroatoms. The number of nitrogen functional groups attached to an aromatic ring is 1. The standard InChI is InChI=1S/C13H12ClN3O2/c1-19-11-3-2-8(15)6-10(11)13(18)17-9-4-5-16-12(14)7-9/h2-7H,15H2,1H3,(H,16,17,18). The lowest BCUT2D eigenvalue weighted by Gasteiger charge is -2.10. The lowest BCUT2D eigenvalue weighted by molar-refractivity contribution is 0.102. The van der Waals surface area contributed by atoms with Crippen molar-refractivity contribution in [2.45, 2.75) is 0 Å². The zero-order chi connectivity index (χ0) is 13.8. The molecule has 0 bridgehead atoms. The van der Waals surface area contributed by atoms with Crippen LogP contribution in [0, 0.1) is 0 Å². The van der Waals surface area contributed by atoms with E-state index in [1.165, 1.54) is 13.3 Å². The third-order valence-corrected chi connectivity index (χ3v) is 2.66. The Hall–Kier alpha value is -2.27. The van der Waals surface area contributed by atoms with Crippen LogP contribution in [0.2, 0.25) is 5.15 Å². The summed E-state index contributed by atoms with van der Waals surface area (Å²) in [4.78, 5) is 16.0. The van der Waals surface area contributed by atoms with Gasteiger partial charge in [0.2, 0.25) is 0 Å². The Bertz CT molecular complexity index is 617. The van der Waals surface area contributed by atoms with Crippen molar-refractivity contribution >= 4 is 28.9 Å². The zero-order valence-corrected chi connectivity index (χ0v) is 10.9. The second-order valence-electron chi connectivity index (χ2n) is 3.78. The lowest BCUT2D eigenvalue weighted by Crippen LogP contribution is -2.13. The summed E-state index contributed by atoms with van der Waals surface area (Å²) < 4.78 is 5.13. The second-order valence-corrected chi connectivity index (χ2v) is 4.17. The summed E-state index contributed by atoms with van der Waals surface area (Å²) in [5.74, 6) is 0.123. The van der Waals surface area contributed by atoms with Crippen LogP contribution in [0.1, 0.15) is 10.4 Å². The van der Waals surface area contributed by atoms with Gasteiger partial charge in [-0.25, -0.2) is 4.98 Å². The Morgan fingerprint density at radius 1 is 1.37 bits per heavy atom. The Balaban J connectivity index is 2.27. The molecule has 0 aliphatic heterocycles. The van der Waals surface area contributed by atoms with Crippen LogP contribution in [-0.4, -0.2) is 18.0 Å². The summed E-state index contributed by atoms with van der Waals surface area (Å²) >= 11 is 5.75. The predicted molar refractivity (Wildman–Crippen MR) is 74.6 cm³/mol. The van der Waals surface area contributed by atoms with Crippen LogP contribution in [0.25, 0.3) is 0 Å². The number of halogens is 1. The molecular weight excluding hydrogens is 266 g/mol. The fraction of sp³-hybridized carbons (Fsp3) is 0.0769. The van der Waals surface area contributed by atoms with Gasteiger partial charge >= 0.3 is 0 Å². The highest BCUT2D eigenvalue weighted by Crippen LogP contribution is 2.22. The van der Waals surface area contributed by atoms with Gasteiger partial charge in [0.1, 0.15) is 10.9 Å². The fourth-order valence-corrected chi connectivity index (χ4v) is 1.76. The van der Waals surface area contributed by atoms with Crippen LogP contribution < -0.4 is 15.8 Å². The van der Waals surface area contributed by atoms with E-state index >= 15 is 0 Å². The summed E-state index contributed by atoms with van der Waals surface area (Å²) in [6.45, 7) is 0. The van der Waals surface area contributed by atoms with Gasteiger partial charge in [0.15, 0.2) is 0 Å². The number of ether oxygens (including phenoxy) is 1. The minimum absolute atomic E-state index is 0.303. The summed E-state index contributed by atoms with van der Waals surface area (Å²) in [6.07, 6.45) is 1.51. The number of anilines is 2. The molecule has 0 spiro atoms. The molecule has 0 aliphatic carbocycles. The van der Waals surface area contributed by atoms with Crippen molar-refractivity contribution < 1.29 is 9.53 Å². The molecule has 0 fully saturated rings. The van der Waals surface area contributed by atoms with Gasteiger partial charge in [0, 0.05) is 17.6 Å². The topological polar surface area (TPSA) is 77.2 Å². The van der Waals surface area contributed by atoms with Crippen LogP contribution in [0.4, 0.5) is 11.4 Å². The van der Waals surface area contributed by atoms with Crippen LogP contribution in [-0.2, 0) is 0 Å². The number of rotatable bonds is 3. The molecule has 0 atom stereocenters. The van der Waals surface area contributed by atoms with Crippen molar-refractivity contribution in [2.24, 2.45) is 0 Å². The predicted octanol–water partition coefficient (Wildman–Crippen LogP) is 2.58. The van der Waals surface area contributed by atoms with Crippen LogP contribution >= 0.6 is 11.6 Å². The highest BCUT2D eigenvalue weighted by Gasteiger charge is 2.13. The van der Waals surface area contributed by atoms with Gasteiger partial charge in [-0.05, 0) is 30.3 Å². The average molecular weight is 278 g/mol. The molecule has 0 unspecified atom stereocenters. The van der Waals surface area contributed by atoms with Crippen molar-refractivity contribution in [3.63, 3.8) is 0 Å². The normalized spacial score (nSPS) is 10.0. The number of aromatic nitrogens is 1. The van der Waals surface area contributed by atoms with E-state index in [1.54, 1.807) is 30.3 Å². The maximum Gasteiger partial charge on any atom is 0.259 e. The number of methoxy groups -OCH3 is 1. The van der Waals surface area contributed by atoms with Gasteiger partial charge in [0.05, 0.1) is 12.7 Å². The molecule has 0 aliphatic rings. The SMILES string of the molecule is COc1ccc(N)cc1C(=O)Nc1ccnc(Cl)c1. The molecule has 5 nitrogen and oxygen atoms in total. The summed E-state index contributed by atoms with van der Waals surface area (Å²) in [6, 6.07) is 8.06. The molecule has 19 heavy (non-hydrogen) atoms. The van der Waals surface area contributed by atoms with E-state index in [1.807, 2.05) is 0 Å². The number of pyridine rings is 1. The minimum atomic E-state index is -0.327. The minimum Gasteiger partial charge on any atom is -0.496 e. The van der Waals surface area contributed by atoms with Gasteiger partial charge in [-0.15, -0.1) is 0 Å². The molecule has 1 aromatic heterocycles. The van der Waals surface area contributed by atoms with Crippen molar-refractivity contribution in [1.29, 1.82) is 0 Å². The monoisotopic (exact) mass is 277 g/mol. The lowest BCUT2D eigenvalue weighted by atomic mass is 10.1. The maximum absolute atomic E-state index is 12.1. The molecule has 1 aromatic carbocycles. The maximum atomic E-state index is 12.1. The number of benzene rings is 1. The van der Waals surface area contributed by atoms with Gasteiger partial charge < -0.3 is 15.8 Å². The van der Waals surface area contributed by atoms with Gasteiger partial charge in [-0.3, -0.25) is 4.79 Å². The molecular formula is C13H12ClN3O2. The molecule has 98 valence electrons. The highest BCUT2D eigenvalue weighted by molar-refractivity contribution is 6.29. The Kier molecular flexibility index (Phi) is 3.87. The summed E-state index contributed by atoms with van der Waals surface area (Å²) in [5.41, 5.74) is 7.06. The first-order valence-electron chi connectivity index (χ1n) is 5.46. The molecule has 3 N–H and O–H groups in total. The average Bonchev–Trinajstić information content (AvgIpc) is 2.38. The van der Waals surface area contributed by atoms with E-state index in [9.17, 15) is 4.79 Å². The third kappa shape index (κ3) is 3.14. The Morgan fingerprint density at radius 2 is 2.16 bits per heavy atom. The molecule has 0 saturated carbocycles. The number of nitrogens with two attached hydrogens (primary N) is 1. The zero-order valence-electron chi connectivity index (χ0n) is 10.2. The molecule has 1 heterocycles. The molecule has 1 amide bonds. The molecule has 0 radical (unpaired) electrons. The van der Waals surface area contributed by atoms with Crippen molar-refractivity contribution in [2.75, 3.05) is 18.2 Å².